The largest absolute Gasteiger partial charge is 0.328 e. The topological polar surface area (TPSA) is 0 Å². The SMILES string of the molecule is CC1C[CH-]CC1C.[Y]. The van der Waals surface area contributed by atoms with E-state index >= 15 is 0 Å². The van der Waals surface area contributed by atoms with Gasteiger partial charge in [-0.05, 0) is 0 Å². The van der Waals surface area contributed by atoms with E-state index in [1.165, 1.54) is 12.8 Å². The van der Waals surface area contributed by atoms with Crippen LogP contribution >= 0.6 is 0 Å². The molecule has 0 N–H and O–H groups in total. The normalized spacial score (nSPS) is 36.8. The molecule has 0 aromatic heterocycles. The second-order valence-electron chi connectivity index (χ2n) is 2.71. The molecule has 2 atom stereocenters. The third-order valence-electron chi connectivity index (χ3n) is 2.05. The zero-order valence-corrected chi connectivity index (χ0v) is 8.56. The molecule has 1 aliphatic carbocycles. The Kier molecular flexibility index (Phi) is 4.56. The molecule has 0 nitrogen and oxygen atoms in total. The van der Waals surface area contributed by atoms with Crippen molar-refractivity contribution in [2.75, 3.05) is 0 Å². The van der Waals surface area contributed by atoms with E-state index < -0.39 is 0 Å². The van der Waals surface area contributed by atoms with Crippen molar-refractivity contribution in [1.82, 2.24) is 0 Å². The first kappa shape index (κ1) is 9.10. The minimum Gasteiger partial charge on any atom is -0.328 e. The van der Waals surface area contributed by atoms with Gasteiger partial charge in [-0.3, -0.25) is 0 Å². The van der Waals surface area contributed by atoms with Gasteiger partial charge in [-0.15, -0.1) is 0 Å². The molecule has 1 aliphatic rings. The molecule has 1 fully saturated rings. The Bertz CT molecular complexity index is 53.4. The van der Waals surface area contributed by atoms with Gasteiger partial charge < -0.3 is 6.42 Å². The molecule has 0 heterocycles. The molecule has 1 rings (SSSR count). The van der Waals surface area contributed by atoms with Crippen LogP contribution in [0.1, 0.15) is 26.7 Å². The Morgan fingerprint density at radius 3 is 1.62 bits per heavy atom. The van der Waals surface area contributed by atoms with Crippen LogP contribution in [0.4, 0.5) is 0 Å². The molecule has 1 saturated carbocycles. The van der Waals surface area contributed by atoms with E-state index in [1.807, 2.05) is 0 Å². The van der Waals surface area contributed by atoms with Crippen molar-refractivity contribution in [3.05, 3.63) is 6.42 Å². The van der Waals surface area contributed by atoms with E-state index in [2.05, 4.69) is 20.3 Å². The number of rotatable bonds is 0. The molecule has 8 heavy (non-hydrogen) atoms. The first-order valence-corrected chi connectivity index (χ1v) is 3.12. The van der Waals surface area contributed by atoms with E-state index in [0.717, 1.165) is 11.8 Å². The average molecular weight is 186 g/mol. The van der Waals surface area contributed by atoms with Crippen molar-refractivity contribution in [3.63, 3.8) is 0 Å². The fourth-order valence-corrected chi connectivity index (χ4v) is 1.09. The zero-order valence-electron chi connectivity index (χ0n) is 5.72. The Hall–Kier alpha value is 1.10. The van der Waals surface area contributed by atoms with Gasteiger partial charge in [-0.1, -0.05) is 25.7 Å². The standard InChI is InChI=1S/C7H13.Y/c1-6-4-3-5-7(6)2;/h3,6-7H,4-5H2,1-2H3;/q-1;. The molecule has 2 unspecified atom stereocenters. The van der Waals surface area contributed by atoms with Gasteiger partial charge in [0, 0.05) is 32.7 Å². The Morgan fingerprint density at radius 2 is 1.50 bits per heavy atom. The minimum absolute atomic E-state index is 0. The summed E-state index contributed by atoms with van der Waals surface area (Å²) in [5.41, 5.74) is 0. The maximum atomic E-state index is 2.40. The third-order valence-corrected chi connectivity index (χ3v) is 2.05. The van der Waals surface area contributed by atoms with Crippen molar-refractivity contribution < 1.29 is 32.7 Å². The molecule has 0 saturated heterocycles. The Labute approximate surface area is 77.3 Å². The predicted molar refractivity (Wildman–Crippen MR) is 31.9 cm³/mol. The van der Waals surface area contributed by atoms with Crippen LogP contribution in [0.5, 0.6) is 0 Å². The fraction of sp³-hybridized carbons (Fsp3) is 0.857. The Balaban J connectivity index is 0.000000490. The molecular formula is C7H13Y-. The van der Waals surface area contributed by atoms with Crippen molar-refractivity contribution in [1.29, 1.82) is 0 Å². The smallest absolute Gasteiger partial charge is 0 e. The molecule has 0 bridgehead atoms. The summed E-state index contributed by atoms with van der Waals surface area (Å²) in [6, 6.07) is 0. The summed E-state index contributed by atoms with van der Waals surface area (Å²) >= 11 is 0. The molecule has 45 valence electrons. The van der Waals surface area contributed by atoms with Gasteiger partial charge in [-0.25, -0.2) is 0 Å². The summed E-state index contributed by atoms with van der Waals surface area (Å²) < 4.78 is 0. The molecule has 0 aliphatic heterocycles. The predicted octanol–water partition coefficient (Wildman–Crippen LogP) is 2.25. The van der Waals surface area contributed by atoms with Crippen molar-refractivity contribution in [2.24, 2.45) is 11.8 Å². The number of hydrogen-bond donors (Lipinski definition) is 0. The van der Waals surface area contributed by atoms with E-state index in [4.69, 9.17) is 0 Å². The zero-order chi connectivity index (χ0) is 5.28. The average Bonchev–Trinajstić information content (AvgIpc) is 1.91. The minimum atomic E-state index is 0. The quantitative estimate of drug-likeness (QED) is 0.509. The number of hydrogen-bond acceptors (Lipinski definition) is 0. The van der Waals surface area contributed by atoms with Crippen LogP contribution in [0.3, 0.4) is 0 Å². The summed E-state index contributed by atoms with van der Waals surface area (Å²) in [6.45, 7) is 4.66. The first-order valence-electron chi connectivity index (χ1n) is 3.12. The maximum Gasteiger partial charge on any atom is 0 e. The molecule has 0 aromatic rings. The van der Waals surface area contributed by atoms with Gasteiger partial charge in [-0.2, -0.15) is 12.8 Å². The molecule has 0 aromatic carbocycles. The van der Waals surface area contributed by atoms with E-state index in [1.54, 1.807) is 0 Å². The first-order chi connectivity index (χ1) is 3.30. The monoisotopic (exact) mass is 186 g/mol. The van der Waals surface area contributed by atoms with Gasteiger partial charge in [0.1, 0.15) is 0 Å². The van der Waals surface area contributed by atoms with Gasteiger partial charge in [0.15, 0.2) is 0 Å². The molecule has 1 radical (unpaired) electrons. The molecule has 0 amide bonds. The van der Waals surface area contributed by atoms with Crippen LogP contribution in [0.15, 0.2) is 0 Å². The van der Waals surface area contributed by atoms with Crippen molar-refractivity contribution in [3.8, 4) is 0 Å². The second kappa shape index (κ2) is 4.01. The van der Waals surface area contributed by atoms with Crippen LogP contribution in [-0.2, 0) is 32.7 Å². The van der Waals surface area contributed by atoms with Gasteiger partial charge in [0.25, 0.3) is 0 Å². The van der Waals surface area contributed by atoms with E-state index in [0.29, 0.717) is 0 Å². The second-order valence-corrected chi connectivity index (χ2v) is 2.71. The summed E-state index contributed by atoms with van der Waals surface area (Å²) in [4.78, 5) is 0. The Morgan fingerprint density at radius 1 is 1.12 bits per heavy atom. The molecule has 1 heteroatoms. The van der Waals surface area contributed by atoms with Crippen molar-refractivity contribution >= 4 is 0 Å². The van der Waals surface area contributed by atoms with Crippen LogP contribution in [0.25, 0.3) is 0 Å². The summed E-state index contributed by atoms with van der Waals surface area (Å²) in [5, 5.41) is 0. The van der Waals surface area contributed by atoms with Gasteiger partial charge in [0.05, 0.1) is 0 Å². The van der Waals surface area contributed by atoms with E-state index in [-0.39, 0.29) is 32.7 Å². The maximum absolute atomic E-state index is 2.40. The molecular weight excluding hydrogens is 173 g/mol. The summed E-state index contributed by atoms with van der Waals surface area (Å²) in [7, 11) is 0. The summed E-state index contributed by atoms with van der Waals surface area (Å²) in [6.07, 6.45) is 5.09. The van der Waals surface area contributed by atoms with Gasteiger partial charge in [0.2, 0.25) is 0 Å². The van der Waals surface area contributed by atoms with Crippen LogP contribution < -0.4 is 0 Å². The third kappa shape index (κ3) is 2.15. The van der Waals surface area contributed by atoms with Crippen LogP contribution in [0.2, 0.25) is 0 Å². The van der Waals surface area contributed by atoms with E-state index in [9.17, 15) is 0 Å². The summed E-state index contributed by atoms with van der Waals surface area (Å²) in [5.74, 6) is 1.92. The fourth-order valence-electron chi connectivity index (χ4n) is 1.09. The van der Waals surface area contributed by atoms with Gasteiger partial charge >= 0.3 is 0 Å². The van der Waals surface area contributed by atoms with Crippen molar-refractivity contribution in [2.45, 2.75) is 26.7 Å². The van der Waals surface area contributed by atoms with Crippen LogP contribution in [0, 0.1) is 18.3 Å². The van der Waals surface area contributed by atoms with Crippen LogP contribution in [-0.4, -0.2) is 0 Å². The molecule has 0 spiro atoms.